The Kier molecular flexibility index (Phi) is 6.29. The summed E-state index contributed by atoms with van der Waals surface area (Å²) in [6.45, 7) is 2.36. The molecule has 1 unspecified atom stereocenters. The van der Waals surface area contributed by atoms with Crippen molar-refractivity contribution in [2.24, 2.45) is 0 Å². The molecule has 8 heteroatoms. The van der Waals surface area contributed by atoms with Gasteiger partial charge in [0, 0.05) is 25.8 Å². The molecular weight excluding hydrogens is 526 g/mol. The van der Waals surface area contributed by atoms with E-state index in [1.165, 1.54) is 5.01 Å². The highest BCUT2D eigenvalue weighted by Gasteiger charge is 2.36. The molecule has 0 fully saturated rings. The van der Waals surface area contributed by atoms with Crippen LogP contribution in [0.2, 0.25) is 0 Å². The van der Waals surface area contributed by atoms with Gasteiger partial charge in [0.25, 0.3) is 11.8 Å². The first-order valence-corrected chi connectivity index (χ1v) is 11.2. The number of benzene rings is 3. The van der Waals surface area contributed by atoms with Crippen molar-refractivity contribution >= 4 is 49.4 Å². The van der Waals surface area contributed by atoms with E-state index in [4.69, 9.17) is 4.74 Å². The lowest BCUT2D eigenvalue weighted by Crippen LogP contribution is -2.53. The van der Waals surface area contributed by atoms with Crippen molar-refractivity contribution in [2.45, 2.75) is 13.1 Å². The van der Waals surface area contributed by atoms with Crippen LogP contribution < -0.4 is 15.5 Å². The third kappa shape index (κ3) is 4.45. The van der Waals surface area contributed by atoms with Gasteiger partial charge in [-0.25, -0.2) is 5.01 Å². The Morgan fingerprint density at radius 1 is 1.06 bits per heavy atom. The number of carbonyl (C=O) groups excluding carboxylic acids is 2. The highest BCUT2D eigenvalue weighted by Crippen LogP contribution is 2.38. The maximum Gasteiger partial charge on any atom is 0.276 e. The number of ether oxygens (including phenoxy) is 1. The zero-order valence-electron chi connectivity index (χ0n) is 16.6. The predicted molar refractivity (Wildman–Crippen MR) is 126 cm³/mol. The Labute approximate surface area is 196 Å². The molecule has 0 radical (unpaired) electrons. The standard InChI is InChI=1S/C23H19Br2N3O3/c1-2-31-20-11-9-16(25)13-18(20)21-26-19-10-8-15(24)12-17(19)23(30)28(21)27-22(29)14-6-4-3-5-7-14/h3-13,21,26H,2H2,1H3,(H,27,29). The van der Waals surface area contributed by atoms with E-state index >= 15 is 0 Å². The van der Waals surface area contributed by atoms with Crippen LogP contribution in [0, 0.1) is 0 Å². The third-order valence-electron chi connectivity index (χ3n) is 4.81. The monoisotopic (exact) mass is 543 g/mol. The topological polar surface area (TPSA) is 70.7 Å². The van der Waals surface area contributed by atoms with Crippen LogP contribution in [0.1, 0.15) is 39.4 Å². The average Bonchev–Trinajstić information content (AvgIpc) is 2.78. The summed E-state index contributed by atoms with van der Waals surface area (Å²) in [7, 11) is 0. The number of hydrogen-bond acceptors (Lipinski definition) is 4. The maximum atomic E-state index is 13.5. The van der Waals surface area contributed by atoms with Crippen LogP contribution in [0.5, 0.6) is 5.75 Å². The number of amides is 2. The fourth-order valence-electron chi connectivity index (χ4n) is 3.39. The Balaban J connectivity index is 1.79. The van der Waals surface area contributed by atoms with Crippen molar-refractivity contribution in [3.63, 3.8) is 0 Å². The van der Waals surface area contributed by atoms with Gasteiger partial charge in [0.2, 0.25) is 0 Å². The second-order valence-corrected chi connectivity index (χ2v) is 8.67. The van der Waals surface area contributed by atoms with Gasteiger partial charge < -0.3 is 10.1 Å². The van der Waals surface area contributed by atoms with E-state index in [2.05, 4.69) is 42.6 Å². The number of nitrogens with zero attached hydrogens (tertiary/aromatic N) is 1. The van der Waals surface area contributed by atoms with Crippen LogP contribution >= 0.6 is 31.9 Å². The maximum absolute atomic E-state index is 13.5. The molecule has 0 bridgehead atoms. The molecule has 4 rings (SSSR count). The molecule has 0 aliphatic carbocycles. The summed E-state index contributed by atoms with van der Waals surface area (Å²) in [4.78, 5) is 26.4. The van der Waals surface area contributed by atoms with E-state index in [1.807, 2.05) is 43.3 Å². The second kappa shape index (κ2) is 9.11. The molecule has 1 aliphatic heterocycles. The van der Waals surface area contributed by atoms with Crippen molar-refractivity contribution in [1.29, 1.82) is 0 Å². The average molecular weight is 545 g/mol. The lowest BCUT2D eigenvalue weighted by molar-refractivity contribution is 0.0488. The minimum Gasteiger partial charge on any atom is -0.493 e. The quantitative estimate of drug-likeness (QED) is 0.443. The molecule has 1 aliphatic rings. The van der Waals surface area contributed by atoms with Gasteiger partial charge in [-0.15, -0.1) is 0 Å². The van der Waals surface area contributed by atoms with Crippen molar-refractivity contribution in [3.8, 4) is 5.75 Å². The molecule has 0 saturated heterocycles. The van der Waals surface area contributed by atoms with Crippen molar-refractivity contribution in [2.75, 3.05) is 11.9 Å². The number of anilines is 1. The Morgan fingerprint density at radius 3 is 2.52 bits per heavy atom. The van der Waals surface area contributed by atoms with Gasteiger partial charge in [-0.3, -0.25) is 15.0 Å². The summed E-state index contributed by atoms with van der Waals surface area (Å²) < 4.78 is 7.41. The van der Waals surface area contributed by atoms with Gasteiger partial charge in [-0.05, 0) is 55.5 Å². The zero-order chi connectivity index (χ0) is 22.0. The molecule has 0 aromatic heterocycles. The second-order valence-electron chi connectivity index (χ2n) is 6.83. The molecule has 158 valence electrons. The Hall–Kier alpha value is -2.84. The fraction of sp³-hybridized carbons (Fsp3) is 0.130. The summed E-state index contributed by atoms with van der Waals surface area (Å²) in [5.41, 5.74) is 5.07. The highest BCUT2D eigenvalue weighted by atomic mass is 79.9. The molecule has 2 amide bonds. The summed E-state index contributed by atoms with van der Waals surface area (Å²) in [5.74, 6) is -0.0885. The lowest BCUT2D eigenvalue weighted by atomic mass is 10.0. The smallest absolute Gasteiger partial charge is 0.276 e. The molecule has 3 aromatic rings. The number of hydrogen-bond donors (Lipinski definition) is 2. The van der Waals surface area contributed by atoms with Gasteiger partial charge in [-0.2, -0.15) is 0 Å². The SMILES string of the molecule is CCOc1ccc(Br)cc1C1Nc2ccc(Br)cc2C(=O)N1NC(=O)c1ccccc1. The van der Waals surface area contributed by atoms with E-state index in [0.29, 0.717) is 34.7 Å². The zero-order valence-corrected chi connectivity index (χ0v) is 19.7. The molecule has 3 aromatic carbocycles. The fourth-order valence-corrected chi connectivity index (χ4v) is 4.13. The van der Waals surface area contributed by atoms with Gasteiger partial charge in [0.1, 0.15) is 5.75 Å². The molecular formula is C23H19Br2N3O3. The van der Waals surface area contributed by atoms with E-state index in [0.717, 1.165) is 8.95 Å². The van der Waals surface area contributed by atoms with Crippen LogP contribution in [-0.4, -0.2) is 23.4 Å². The van der Waals surface area contributed by atoms with Crippen molar-refractivity contribution in [1.82, 2.24) is 10.4 Å². The molecule has 2 N–H and O–H groups in total. The van der Waals surface area contributed by atoms with E-state index in [1.54, 1.807) is 30.3 Å². The Morgan fingerprint density at radius 2 is 1.77 bits per heavy atom. The highest BCUT2D eigenvalue weighted by molar-refractivity contribution is 9.10. The van der Waals surface area contributed by atoms with Crippen LogP contribution in [0.25, 0.3) is 0 Å². The summed E-state index contributed by atoms with van der Waals surface area (Å²) in [6, 6.07) is 19.8. The van der Waals surface area contributed by atoms with E-state index in [-0.39, 0.29) is 11.8 Å². The number of hydrazine groups is 1. The van der Waals surface area contributed by atoms with Crippen LogP contribution in [0.15, 0.2) is 75.7 Å². The van der Waals surface area contributed by atoms with Gasteiger partial charge in [0.15, 0.2) is 6.17 Å². The molecule has 1 heterocycles. The number of fused-ring (bicyclic) bond motifs is 1. The van der Waals surface area contributed by atoms with E-state index in [9.17, 15) is 9.59 Å². The van der Waals surface area contributed by atoms with Crippen LogP contribution in [0.4, 0.5) is 5.69 Å². The van der Waals surface area contributed by atoms with Crippen LogP contribution in [0.3, 0.4) is 0 Å². The number of rotatable bonds is 5. The number of nitrogens with one attached hydrogen (secondary N) is 2. The van der Waals surface area contributed by atoms with Gasteiger partial charge in [0.05, 0.1) is 12.2 Å². The van der Waals surface area contributed by atoms with Gasteiger partial charge in [-0.1, -0.05) is 50.1 Å². The molecule has 0 saturated carbocycles. The largest absolute Gasteiger partial charge is 0.493 e. The van der Waals surface area contributed by atoms with E-state index < -0.39 is 6.17 Å². The van der Waals surface area contributed by atoms with Crippen molar-refractivity contribution in [3.05, 3.63) is 92.4 Å². The molecule has 31 heavy (non-hydrogen) atoms. The lowest BCUT2D eigenvalue weighted by Gasteiger charge is -2.38. The molecule has 0 spiro atoms. The minimum absolute atomic E-state index is 0.327. The summed E-state index contributed by atoms with van der Waals surface area (Å²) >= 11 is 6.91. The van der Waals surface area contributed by atoms with Crippen molar-refractivity contribution < 1.29 is 14.3 Å². The summed E-state index contributed by atoms with van der Waals surface area (Å²) in [5, 5.41) is 4.69. The normalized spacial score (nSPS) is 15.1. The number of halogens is 2. The first-order chi connectivity index (χ1) is 15.0. The first-order valence-electron chi connectivity index (χ1n) is 9.66. The predicted octanol–water partition coefficient (Wildman–Crippen LogP) is 5.52. The molecule has 1 atom stereocenters. The minimum atomic E-state index is -0.673. The first kappa shape index (κ1) is 21.4. The summed E-state index contributed by atoms with van der Waals surface area (Å²) in [6.07, 6.45) is -0.673. The van der Waals surface area contributed by atoms with Gasteiger partial charge >= 0.3 is 0 Å². The van der Waals surface area contributed by atoms with Crippen LogP contribution in [-0.2, 0) is 0 Å². The Bertz CT molecular complexity index is 1140. The molecule has 6 nitrogen and oxygen atoms in total. The third-order valence-corrected chi connectivity index (χ3v) is 5.79. The number of carbonyl (C=O) groups is 2.